The normalized spacial score (nSPS) is 11.4. The number of nitrogens with one attached hydrogen (secondary N) is 1. The number of ether oxygens (including phenoxy) is 2. The van der Waals surface area contributed by atoms with E-state index in [4.69, 9.17) is 4.42 Å². The summed E-state index contributed by atoms with van der Waals surface area (Å²) >= 11 is 1.53. The maximum Gasteiger partial charge on any atom is 0.354 e. The van der Waals surface area contributed by atoms with Gasteiger partial charge in [0.25, 0.3) is 0 Å². The molecule has 25 heavy (non-hydrogen) atoms. The average Bonchev–Trinajstić information content (AvgIpc) is 3.28. The van der Waals surface area contributed by atoms with Crippen molar-refractivity contribution in [2.75, 3.05) is 19.5 Å². The number of oxazole rings is 1. The van der Waals surface area contributed by atoms with Crippen LogP contribution in [0.3, 0.4) is 0 Å². The van der Waals surface area contributed by atoms with Crippen LogP contribution in [0, 0.1) is 0 Å². The lowest BCUT2D eigenvalue weighted by molar-refractivity contribution is -0.138. The Morgan fingerprint density at radius 2 is 2.08 bits per heavy atom. The Morgan fingerprint density at radius 3 is 2.76 bits per heavy atom. The van der Waals surface area contributed by atoms with Gasteiger partial charge in [-0.1, -0.05) is 6.07 Å². The third-order valence-corrected chi connectivity index (χ3v) is 4.13. The highest BCUT2D eigenvalue weighted by molar-refractivity contribution is 7.13. The van der Waals surface area contributed by atoms with Crippen LogP contribution in [-0.2, 0) is 19.1 Å². The molecule has 0 aliphatic carbocycles. The summed E-state index contributed by atoms with van der Waals surface area (Å²) in [6.07, 6.45) is 1.02. The first-order valence-electron chi connectivity index (χ1n) is 7.20. The number of hydrogen-bond acceptors (Lipinski definition) is 8. The molecule has 0 saturated carbocycles. The van der Waals surface area contributed by atoms with Crippen LogP contribution in [0.5, 0.6) is 0 Å². The number of nitrogens with zero attached hydrogens (tertiary/aromatic N) is 1. The van der Waals surface area contributed by atoms with Gasteiger partial charge in [-0.25, -0.2) is 14.6 Å². The molecule has 2 aromatic heterocycles. The molecule has 0 saturated heterocycles. The molecule has 1 aromatic carbocycles. The van der Waals surface area contributed by atoms with Crippen LogP contribution in [0.2, 0.25) is 0 Å². The number of aromatic nitrogens is 1. The van der Waals surface area contributed by atoms with Crippen molar-refractivity contribution in [3.8, 4) is 10.8 Å². The van der Waals surface area contributed by atoms with Crippen LogP contribution in [0.15, 0.2) is 51.9 Å². The summed E-state index contributed by atoms with van der Waals surface area (Å²) in [4.78, 5) is 28.6. The SMILES string of the molecule is COC(=O)/C=C(/Nc1ccc2oc(-c3cccs3)nc2c1)C(=O)OC. The topological polar surface area (TPSA) is 90.7 Å². The summed E-state index contributed by atoms with van der Waals surface area (Å²) in [6, 6.07) is 8.99. The number of rotatable bonds is 5. The molecule has 0 unspecified atom stereocenters. The van der Waals surface area contributed by atoms with E-state index in [-0.39, 0.29) is 5.70 Å². The second-order valence-electron chi connectivity index (χ2n) is 4.88. The third kappa shape index (κ3) is 3.69. The Morgan fingerprint density at radius 1 is 1.24 bits per heavy atom. The summed E-state index contributed by atoms with van der Waals surface area (Å²) < 4.78 is 14.9. The van der Waals surface area contributed by atoms with E-state index in [2.05, 4.69) is 19.8 Å². The zero-order valence-corrected chi connectivity index (χ0v) is 14.3. The molecule has 0 aliphatic rings. The van der Waals surface area contributed by atoms with Gasteiger partial charge in [0.2, 0.25) is 5.89 Å². The molecule has 128 valence electrons. The number of benzene rings is 1. The summed E-state index contributed by atoms with van der Waals surface area (Å²) in [6.45, 7) is 0. The van der Waals surface area contributed by atoms with E-state index < -0.39 is 11.9 Å². The van der Waals surface area contributed by atoms with Crippen LogP contribution in [-0.4, -0.2) is 31.1 Å². The summed E-state index contributed by atoms with van der Waals surface area (Å²) in [5.74, 6) is -0.833. The number of carbonyl (C=O) groups is 2. The van der Waals surface area contributed by atoms with Gasteiger partial charge in [0.05, 0.1) is 25.2 Å². The van der Waals surface area contributed by atoms with Gasteiger partial charge in [-0.3, -0.25) is 0 Å². The number of thiophene rings is 1. The Labute approximate surface area is 146 Å². The van der Waals surface area contributed by atoms with Crippen LogP contribution in [0.4, 0.5) is 5.69 Å². The van der Waals surface area contributed by atoms with E-state index >= 15 is 0 Å². The second kappa shape index (κ2) is 7.18. The van der Waals surface area contributed by atoms with Crippen molar-refractivity contribution < 1.29 is 23.5 Å². The predicted molar refractivity (Wildman–Crippen MR) is 93.1 cm³/mol. The van der Waals surface area contributed by atoms with Gasteiger partial charge in [-0.15, -0.1) is 11.3 Å². The number of anilines is 1. The quantitative estimate of drug-likeness (QED) is 0.553. The molecule has 0 aliphatic heterocycles. The Hall–Kier alpha value is -3.13. The van der Waals surface area contributed by atoms with E-state index in [1.807, 2.05) is 17.5 Å². The highest BCUT2D eigenvalue weighted by atomic mass is 32.1. The molecule has 8 heteroatoms. The number of hydrogen-bond donors (Lipinski definition) is 1. The lowest BCUT2D eigenvalue weighted by Gasteiger charge is -2.08. The fraction of sp³-hybridized carbons (Fsp3) is 0.118. The zero-order chi connectivity index (χ0) is 17.8. The predicted octanol–water partition coefficient (Wildman–Crippen LogP) is 3.20. The molecule has 3 aromatic rings. The van der Waals surface area contributed by atoms with Crippen molar-refractivity contribution in [1.82, 2.24) is 4.98 Å². The minimum absolute atomic E-state index is 0.0457. The molecule has 7 nitrogen and oxygen atoms in total. The van der Waals surface area contributed by atoms with Gasteiger partial charge in [-0.05, 0) is 29.6 Å². The molecule has 1 N–H and O–H groups in total. The Kier molecular flexibility index (Phi) is 4.80. The maximum atomic E-state index is 11.8. The molecule has 0 amide bonds. The fourth-order valence-electron chi connectivity index (χ4n) is 2.10. The monoisotopic (exact) mass is 358 g/mol. The molecule has 3 rings (SSSR count). The molecule has 0 radical (unpaired) electrons. The average molecular weight is 358 g/mol. The molecule has 0 fully saturated rings. The highest BCUT2D eigenvalue weighted by Crippen LogP contribution is 2.29. The first-order chi connectivity index (χ1) is 12.1. The highest BCUT2D eigenvalue weighted by Gasteiger charge is 2.14. The zero-order valence-electron chi connectivity index (χ0n) is 13.4. The van der Waals surface area contributed by atoms with Gasteiger partial charge in [0.15, 0.2) is 5.58 Å². The lowest BCUT2D eigenvalue weighted by Crippen LogP contribution is -2.15. The number of esters is 2. The minimum Gasteiger partial charge on any atom is -0.466 e. The van der Waals surface area contributed by atoms with E-state index in [1.54, 1.807) is 18.2 Å². The smallest absolute Gasteiger partial charge is 0.354 e. The maximum absolute atomic E-state index is 11.8. The molecular weight excluding hydrogens is 344 g/mol. The van der Waals surface area contributed by atoms with Crippen molar-refractivity contribution in [2.45, 2.75) is 0 Å². The van der Waals surface area contributed by atoms with Crippen LogP contribution < -0.4 is 5.32 Å². The number of fused-ring (bicyclic) bond motifs is 1. The van der Waals surface area contributed by atoms with Gasteiger partial charge >= 0.3 is 11.9 Å². The standard InChI is InChI=1S/C17H14N2O5S/c1-22-15(20)9-12(17(21)23-2)18-10-5-6-13-11(8-10)19-16(24-13)14-4-3-7-25-14/h3-9,18H,1-2H3/b12-9+. The van der Waals surface area contributed by atoms with Gasteiger partial charge in [-0.2, -0.15) is 0 Å². The van der Waals surface area contributed by atoms with Gasteiger partial charge in [0.1, 0.15) is 11.2 Å². The van der Waals surface area contributed by atoms with Crippen molar-refractivity contribution in [3.63, 3.8) is 0 Å². The van der Waals surface area contributed by atoms with E-state index in [0.717, 1.165) is 11.0 Å². The number of methoxy groups -OCH3 is 2. The van der Waals surface area contributed by atoms with Crippen LogP contribution in [0.1, 0.15) is 0 Å². The minimum atomic E-state index is -0.690. The van der Waals surface area contributed by atoms with E-state index in [0.29, 0.717) is 22.7 Å². The van der Waals surface area contributed by atoms with Crippen LogP contribution >= 0.6 is 11.3 Å². The Bertz CT molecular complexity index is 943. The first kappa shape index (κ1) is 16.7. The van der Waals surface area contributed by atoms with Crippen molar-refractivity contribution in [2.24, 2.45) is 0 Å². The lowest BCUT2D eigenvalue weighted by atomic mass is 10.2. The molecule has 2 heterocycles. The van der Waals surface area contributed by atoms with Crippen molar-refractivity contribution in [1.29, 1.82) is 0 Å². The largest absolute Gasteiger partial charge is 0.466 e. The molecule has 0 spiro atoms. The summed E-state index contributed by atoms with van der Waals surface area (Å²) in [7, 11) is 2.45. The van der Waals surface area contributed by atoms with Crippen molar-refractivity contribution in [3.05, 3.63) is 47.5 Å². The molecule has 0 atom stereocenters. The molecular formula is C17H14N2O5S. The van der Waals surface area contributed by atoms with E-state index in [9.17, 15) is 9.59 Å². The third-order valence-electron chi connectivity index (χ3n) is 3.27. The summed E-state index contributed by atoms with van der Waals surface area (Å²) in [5, 5.41) is 4.78. The van der Waals surface area contributed by atoms with Gasteiger partial charge < -0.3 is 19.2 Å². The Balaban J connectivity index is 1.91. The van der Waals surface area contributed by atoms with Crippen molar-refractivity contribution >= 4 is 40.1 Å². The second-order valence-corrected chi connectivity index (χ2v) is 5.82. The fourth-order valence-corrected chi connectivity index (χ4v) is 2.75. The van der Waals surface area contributed by atoms with Gasteiger partial charge in [0, 0.05) is 5.69 Å². The van der Waals surface area contributed by atoms with Crippen LogP contribution in [0.25, 0.3) is 21.9 Å². The van der Waals surface area contributed by atoms with E-state index in [1.165, 1.54) is 25.6 Å². The number of carbonyl (C=O) groups excluding carboxylic acids is 2. The summed E-state index contributed by atoms with van der Waals surface area (Å²) in [5.41, 5.74) is 1.75. The first-order valence-corrected chi connectivity index (χ1v) is 8.08. The molecule has 0 bridgehead atoms.